The van der Waals surface area contributed by atoms with Gasteiger partial charge in [-0.1, -0.05) is 32.9 Å². The number of pyridine rings is 1. The van der Waals surface area contributed by atoms with Gasteiger partial charge < -0.3 is 19.9 Å². The predicted octanol–water partition coefficient (Wildman–Crippen LogP) is 3.66. The Morgan fingerprint density at radius 3 is 2.84 bits per heavy atom. The average Bonchev–Trinajstić information content (AvgIpc) is 3.62. The monoisotopic (exact) mass is 514 g/mol. The van der Waals surface area contributed by atoms with Crippen LogP contribution in [0.2, 0.25) is 0 Å². The number of hydrogen-bond acceptors (Lipinski definition) is 8. The maximum absolute atomic E-state index is 13.0. The van der Waals surface area contributed by atoms with Crippen molar-refractivity contribution in [2.75, 3.05) is 6.61 Å². The fraction of sp³-hybridized carbons (Fsp3) is 0.370. The summed E-state index contributed by atoms with van der Waals surface area (Å²) in [6, 6.07) is 7.84. The van der Waals surface area contributed by atoms with Gasteiger partial charge >= 0.3 is 0 Å². The van der Waals surface area contributed by atoms with Crippen LogP contribution < -0.4 is 15.5 Å². The topological polar surface area (TPSA) is 131 Å². The van der Waals surface area contributed by atoms with Crippen molar-refractivity contribution in [3.8, 4) is 28.3 Å². The summed E-state index contributed by atoms with van der Waals surface area (Å²) in [6.45, 7) is 6.54. The highest BCUT2D eigenvalue weighted by atomic mass is 16.7. The second kappa shape index (κ2) is 9.25. The molecule has 0 saturated heterocycles. The molecule has 3 aromatic heterocycles. The number of aryl methyl sites for hydroxylation is 1. The van der Waals surface area contributed by atoms with Crippen LogP contribution in [0.4, 0.5) is 0 Å². The van der Waals surface area contributed by atoms with Gasteiger partial charge in [-0.3, -0.25) is 9.48 Å². The Balaban J connectivity index is 1.29. The van der Waals surface area contributed by atoms with E-state index in [1.165, 1.54) is 0 Å². The summed E-state index contributed by atoms with van der Waals surface area (Å²) >= 11 is 0. The van der Waals surface area contributed by atoms with Gasteiger partial charge in [-0.2, -0.15) is 5.10 Å². The first kappa shape index (κ1) is 24.1. The predicted molar refractivity (Wildman–Crippen MR) is 142 cm³/mol. The molecule has 0 fully saturated rings. The number of hydrogen-bond donors (Lipinski definition) is 3. The zero-order valence-electron chi connectivity index (χ0n) is 21.8. The summed E-state index contributed by atoms with van der Waals surface area (Å²) in [4.78, 5) is 35.5. The van der Waals surface area contributed by atoms with Crippen molar-refractivity contribution in [2.45, 2.75) is 45.8 Å². The third-order valence-electron chi connectivity index (χ3n) is 6.69. The molecule has 2 atom stereocenters. The second-order valence-corrected chi connectivity index (χ2v) is 10.7. The number of amides is 1. The second-order valence-electron chi connectivity index (χ2n) is 10.7. The van der Waals surface area contributed by atoms with Crippen molar-refractivity contribution in [3.63, 3.8) is 0 Å². The molecule has 1 aromatic carbocycles. The van der Waals surface area contributed by atoms with E-state index in [2.05, 4.69) is 35.8 Å². The number of carbonyl (C=O) groups is 1. The average molecular weight is 515 g/mol. The molecular formula is C27H30N8O3. The lowest BCUT2D eigenvalue weighted by Crippen LogP contribution is -2.41. The number of aromatic nitrogens is 5. The highest BCUT2D eigenvalue weighted by molar-refractivity contribution is 5.92. The molecular weight excluding hydrogens is 484 g/mol. The third-order valence-corrected chi connectivity index (χ3v) is 6.69. The summed E-state index contributed by atoms with van der Waals surface area (Å²) in [5.41, 5.74) is 7.67. The van der Waals surface area contributed by atoms with Gasteiger partial charge in [0.25, 0.3) is 5.91 Å². The van der Waals surface area contributed by atoms with Gasteiger partial charge in [-0.25, -0.2) is 15.0 Å². The zero-order valence-corrected chi connectivity index (χ0v) is 21.8. The number of nitrogens with one attached hydrogen (secondary N) is 3. The van der Waals surface area contributed by atoms with Crippen molar-refractivity contribution in [1.29, 1.82) is 0 Å². The number of fused-ring (bicyclic) bond motifs is 2. The van der Waals surface area contributed by atoms with Gasteiger partial charge in [0.2, 0.25) is 12.1 Å². The number of hydroxylamine groups is 1. The molecule has 0 aliphatic carbocycles. The molecule has 11 heteroatoms. The molecule has 1 amide bonds. The fourth-order valence-electron chi connectivity index (χ4n) is 4.71. The molecule has 38 heavy (non-hydrogen) atoms. The van der Waals surface area contributed by atoms with E-state index < -0.39 is 6.17 Å². The standard InChI is InChI=1S/C27H30N8O3/c1-27(2,3)26-33-24(34-38-26)25(36)30-19-6-5-11-37-20-12-15(7-8-18(19)20)17-9-10-28-23-21(17)31-22(32-23)16-13-29-35(4)14-16/h7-10,12-14,19,24,34H,5-6,11H2,1-4H3,(H,30,36)(H,28,31,32). The van der Waals surface area contributed by atoms with E-state index in [0.29, 0.717) is 24.0 Å². The smallest absolute Gasteiger partial charge is 0.263 e. The van der Waals surface area contributed by atoms with E-state index in [-0.39, 0.29) is 17.4 Å². The molecule has 2 aliphatic heterocycles. The SMILES string of the molecule is Cn1cc(-c2nc3nccc(-c4ccc5c(c4)OCCCC5NC(=O)C4N=C(C(C)(C)C)ON4)c3[nH]2)cn1. The first-order chi connectivity index (χ1) is 18.3. The number of aromatic amines is 1. The van der Waals surface area contributed by atoms with Crippen molar-refractivity contribution < 1.29 is 14.4 Å². The molecule has 0 spiro atoms. The normalized spacial score (nSPS) is 19.3. The summed E-state index contributed by atoms with van der Waals surface area (Å²) in [5.74, 6) is 1.74. The highest BCUT2D eigenvalue weighted by Crippen LogP contribution is 2.37. The Hall–Kier alpha value is -4.25. The van der Waals surface area contributed by atoms with Crippen LogP contribution in [-0.4, -0.2) is 49.3 Å². The molecule has 5 heterocycles. The zero-order chi connectivity index (χ0) is 26.4. The van der Waals surface area contributed by atoms with Gasteiger partial charge in [0, 0.05) is 36.0 Å². The number of imidazole rings is 1. The molecule has 11 nitrogen and oxygen atoms in total. The highest BCUT2D eigenvalue weighted by Gasteiger charge is 2.33. The van der Waals surface area contributed by atoms with Gasteiger partial charge in [-0.15, -0.1) is 5.48 Å². The summed E-state index contributed by atoms with van der Waals surface area (Å²) in [5, 5.41) is 7.38. The molecule has 2 unspecified atom stereocenters. The van der Waals surface area contributed by atoms with Crippen molar-refractivity contribution in [2.24, 2.45) is 17.5 Å². The first-order valence-electron chi connectivity index (χ1n) is 12.7. The van der Waals surface area contributed by atoms with E-state index in [1.54, 1.807) is 17.1 Å². The number of benzene rings is 1. The van der Waals surface area contributed by atoms with Crippen molar-refractivity contribution in [3.05, 3.63) is 48.4 Å². The Morgan fingerprint density at radius 1 is 1.21 bits per heavy atom. The minimum Gasteiger partial charge on any atom is -0.493 e. The van der Waals surface area contributed by atoms with Gasteiger partial charge in [0.15, 0.2) is 5.65 Å². The number of carbonyl (C=O) groups excluding carboxylic acids is 1. The van der Waals surface area contributed by atoms with E-state index in [4.69, 9.17) is 9.57 Å². The lowest BCUT2D eigenvalue weighted by molar-refractivity contribution is -0.125. The van der Waals surface area contributed by atoms with Gasteiger partial charge in [0.1, 0.15) is 11.6 Å². The van der Waals surface area contributed by atoms with Crippen molar-refractivity contribution >= 4 is 23.0 Å². The van der Waals surface area contributed by atoms with E-state index in [1.807, 2.05) is 58.3 Å². The van der Waals surface area contributed by atoms with Crippen LogP contribution >= 0.6 is 0 Å². The van der Waals surface area contributed by atoms with Crippen LogP contribution in [-0.2, 0) is 16.7 Å². The summed E-state index contributed by atoms with van der Waals surface area (Å²) in [7, 11) is 1.87. The minimum absolute atomic E-state index is 0.202. The molecule has 0 saturated carbocycles. The maximum atomic E-state index is 13.0. The molecule has 0 bridgehead atoms. The Labute approximate surface area is 219 Å². The molecule has 4 aromatic rings. The van der Waals surface area contributed by atoms with Crippen LogP contribution in [0.15, 0.2) is 47.8 Å². The molecule has 0 radical (unpaired) electrons. The lowest BCUT2D eigenvalue weighted by Gasteiger charge is -2.20. The summed E-state index contributed by atoms with van der Waals surface area (Å²) < 4.78 is 7.86. The van der Waals surface area contributed by atoms with Gasteiger partial charge in [-0.05, 0) is 30.5 Å². The number of aliphatic imine (C=N–C) groups is 1. The Bertz CT molecular complexity index is 1550. The van der Waals surface area contributed by atoms with Crippen LogP contribution in [0.25, 0.3) is 33.7 Å². The van der Waals surface area contributed by atoms with Crippen LogP contribution in [0.3, 0.4) is 0 Å². The molecule has 6 rings (SSSR count). The van der Waals surface area contributed by atoms with E-state index in [9.17, 15) is 4.79 Å². The van der Waals surface area contributed by atoms with Crippen LogP contribution in [0.1, 0.15) is 45.2 Å². The van der Waals surface area contributed by atoms with Gasteiger partial charge in [0.05, 0.1) is 29.9 Å². The molecule has 2 aliphatic rings. The summed E-state index contributed by atoms with van der Waals surface area (Å²) in [6.07, 6.45) is 6.22. The van der Waals surface area contributed by atoms with E-state index in [0.717, 1.165) is 46.4 Å². The Kier molecular flexibility index (Phi) is 5.87. The van der Waals surface area contributed by atoms with E-state index >= 15 is 0 Å². The largest absolute Gasteiger partial charge is 0.493 e. The minimum atomic E-state index is -0.782. The third kappa shape index (κ3) is 4.49. The molecule has 196 valence electrons. The maximum Gasteiger partial charge on any atom is 0.263 e. The number of rotatable bonds is 4. The number of H-pyrrole nitrogens is 1. The Morgan fingerprint density at radius 2 is 2.08 bits per heavy atom. The van der Waals surface area contributed by atoms with Crippen LogP contribution in [0.5, 0.6) is 5.75 Å². The number of ether oxygens (including phenoxy) is 1. The lowest BCUT2D eigenvalue weighted by atomic mass is 9.97. The molecule has 3 N–H and O–H groups in total. The van der Waals surface area contributed by atoms with Crippen molar-refractivity contribution in [1.82, 2.24) is 35.5 Å². The first-order valence-corrected chi connectivity index (χ1v) is 12.7. The fourth-order valence-corrected chi connectivity index (χ4v) is 4.71. The number of nitrogens with zero attached hydrogens (tertiary/aromatic N) is 5. The quantitative estimate of drug-likeness (QED) is 0.379. The van der Waals surface area contributed by atoms with Crippen LogP contribution in [0, 0.1) is 5.41 Å².